The van der Waals surface area contributed by atoms with Crippen LogP contribution >= 0.6 is 0 Å². The SMILES string of the molecule is CC(C)(C)c1ccc(O)c(C(=O)c2ccc(/C=C/C(=O)O)cc2)c1. The summed E-state index contributed by atoms with van der Waals surface area (Å²) in [6.07, 6.45) is 2.49. The monoisotopic (exact) mass is 324 g/mol. The smallest absolute Gasteiger partial charge is 0.328 e. The maximum absolute atomic E-state index is 12.7. The molecule has 124 valence electrons. The van der Waals surface area contributed by atoms with E-state index in [2.05, 4.69) is 0 Å². The topological polar surface area (TPSA) is 74.6 Å². The Bertz CT molecular complexity index is 793. The maximum Gasteiger partial charge on any atom is 0.328 e. The Morgan fingerprint density at radius 2 is 1.62 bits per heavy atom. The second-order valence-corrected chi connectivity index (χ2v) is 6.60. The summed E-state index contributed by atoms with van der Waals surface area (Å²) < 4.78 is 0. The molecule has 0 aliphatic rings. The molecule has 0 amide bonds. The van der Waals surface area contributed by atoms with E-state index in [0.717, 1.165) is 11.6 Å². The van der Waals surface area contributed by atoms with Gasteiger partial charge in [-0.05, 0) is 34.8 Å². The van der Waals surface area contributed by atoms with Gasteiger partial charge < -0.3 is 10.2 Å². The third-order valence-corrected chi connectivity index (χ3v) is 3.70. The van der Waals surface area contributed by atoms with Crippen molar-refractivity contribution in [3.8, 4) is 5.75 Å². The second kappa shape index (κ2) is 6.71. The molecule has 0 saturated heterocycles. The predicted octanol–water partition coefficient (Wildman–Crippen LogP) is 4.02. The van der Waals surface area contributed by atoms with Crippen molar-refractivity contribution in [1.82, 2.24) is 0 Å². The lowest BCUT2D eigenvalue weighted by molar-refractivity contribution is -0.131. The molecule has 0 saturated carbocycles. The third kappa shape index (κ3) is 4.10. The van der Waals surface area contributed by atoms with Gasteiger partial charge in [0.15, 0.2) is 5.78 Å². The van der Waals surface area contributed by atoms with Crippen LogP contribution in [0, 0.1) is 0 Å². The second-order valence-electron chi connectivity index (χ2n) is 6.60. The van der Waals surface area contributed by atoms with Gasteiger partial charge in [0.05, 0.1) is 5.56 Å². The lowest BCUT2D eigenvalue weighted by Gasteiger charge is -2.20. The van der Waals surface area contributed by atoms with Crippen LogP contribution in [0.2, 0.25) is 0 Å². The molecule has 0 aliphatic carbocycles. The van der Waals surface area contributed by atoms with E-state index < -0.39 is 5.97 Å². The minimum atomic E-state index is -1.03. The zero-order valence-electron chi connectivity index (χ0n) is 13.9. The number of aliphatic carboxylic acids is 1. The van der Waals surface area contributed by atoms with E-state index in [-0.39, 0.29) is 22.5 Å². The number of carbonyl (C=O) groups is 2. The van der Waals surface area contributed by atoms with E-state index in [1.54, 1.807) is 30.3 Å². The molecular weight excluding hydrogens is 304 g/mol. The van der Waals surface area contributed by atoms with E-state index in [0.29, 0.717) is 11.1 Å². The van der Waals surface area contributed by atoms with Gasteiger partial charge in [-0.3, -0.25) is 4.79 Å². The normalized spacial score (nSPS) is 11.6. The van der Waals surface area contributed by atoms with Crippen molar-refractivity contribution in [2.24, 2.45) is 0 Å². The number of carbonyl (C=O) groups excluding carboxylic acids is 1. The largest absolute Gasteiger partial charge is 0.507 e. The number of carboxylic acid groups (broad SMARTS) is 1. The first-order valence-electron chi connectivity index (χ1n) is 7.58. The molecule has 0 radical (unpaired) electrons. The number of phenols is 1. The first-order valence-corrected chi connectivity index (χ1v) is 7.58. The lowest BCUT2D eigenvalue weighted by atomic mass is 9.85. The van der Waals surface area contributed by atoms with Crippen LogP contribution in [0.3, 0.4) is 0 Å². The molecule has 4 heteroatoms. The Hall–Kier alpha value is -2.88. The Balaban J connectivity index is 2.33. The Morgan fingerprint density at radius 3 is 2.17 bits per heavy atom. The van der Waals surface area contributed by atoms with Gasteiger partial charge in [-0.1, -0.05) is 51.1 Å². The minimum absolute atomic E-state index is 0.0529. The Kier molecular flexibility index (Phi) is 4.88. The maximum atomic E-state index is 12.7. The third-order valence-electron chi connectivity index (χ3n) is 3.70. The van der Waals surface area contributed by atoms with Crippen LogP contribution in [0.15, 0.2) is 48.5 Å². The Morgan fingerprint density at radius 1 is 1.00 bits per heavy atom. The summed E-state index contributed by atoms with van der Waals surface area (Å²) in [6.45, 7) is 6.12. The summed E-state index contributed by atoms with van der Waals surface area (Å²) in [5, 5.41) is 18.7. The summed E-state index contributed by atoms with van der Waals surface area (Å²) in [4.78, 5) is 23.2. The number of benzene rings is 2. The molecule has 2 aromatic rings. The fraction of sp³-hybridized carbons (Fsp3) is 0.200. The lowest BCUT2D eigenvalue weighted by Crippen LogP contribution is -2.12. The van der Waals surface area contributed by atoms with Crippen LogP contribution in [-0.4, -0.2) is 22.0 Å². The first-order chi connectivity index (χ1) is 11.2. The van der Waals surface area contributed by atoms with Crippen molar-refractivity contribution in [3.63, 3.8) is 0 Å². The molecule has 0 aliphatic heterocycles. The summed E-state index contributed by atoms with van der Waals surface area (Å²) in [5.41, 5.74) is 2.21. The molecule has 0 unspecified atom stereocenters. The van der Waals surface area contributed by atoms with Gasteiger partial charge in [0, 0.05) is 11.6 Å². The number of aromatic hydroxyl groups is 1. The summed E-state index contributed by atoms with van der Waals surface area (Å²) >= 11 is 0. The van der Waals surface area contributed by atoms with Crippen LogP contribution < -0.4 is 0 Å². The number of ketones is 1. The highest BCUT2D eigenvalue weighted by Crippen LogP contribution is 2.28. The first kappa shape index (κ1) is 17.5. The van der Waals surface area contributed by atoms with Gasteiger partial charge >= 0.3 is 5.97 Å². The number of hydrogen-bond acceptors (Lipinski definition) is 3. The summed E-state index contributed by atoms with van der Waals surface area (Å²) in [5.74, 6) is -1.35. The minimum Gasteiger partial charge on any atom is -0.507 e. The number of hydrogen-bond donors (Lipinski definition) is 2. The molecule has 24 heavy (non-hydrogen) atoms. The van der Waals surface area contributed by atoms with Crippen molar-refractivity contribution >= 4 is 17.8 Å². The van der Waals surface area contributed by atoms with Crippen molar-refractivity contribution in [2.45, 2.75) is 26.2 Å². The Labute approximate surface area is 141 Å². The predicted molar refractivity (Wildman–Crippen MR) is 93.4 cm³/mol. The van der Waals surface area contributed by atoms with Crippen LogP contribution in [-0.2, 0) is 10.2 Å². The molecule has 0 spiro atoms. The number of carboxylic acids is 1. The van der Waals surface area contributed by atoms with Gasteiger partial charge in [0.1, 0.15) is 5.75 Å². The van der Waals surface area contributed by atoms with Gasteiger partial charge in [0.25, 0.3) is 0 Å². The molecule has 0 bridgehead atoms. The van der Waals surface area contributed by atoms with E-state index in [1.807, 2.05) is 26.8 Å². The van der Waals surface area contributed by atoms with Crippen LogP contribution in [0.1, 0.15) is 47.8 Å². The molecule has 0 atom stereocenters. The molecule has 2 rings (SSSR count). The van der Waals surface area contributed by atoms with Gasteiger partial charge in [-0.25, -0.2) is 4.79 Å². The fourth-order valence-corrected chi connectivity index (χ4v) is 2.25. The average Bonchev–Trinajstić information content (AvgIpc) is 2.52. The number of rotatable bonds is 4. The van der Waals surface area contributed by atoms with Crippen LogP contribution in [0.4, 0.5) is 0 Å². The molecule has 0 aromatic heterocycles. The van der Waals surface area contributed by atoms with Crippen molar-refractivity contribution in [3.05, 3.63) is 70.8 Å². The molecule has 4 nitrogen and oxygen atoms in total. The molecule has 0 heterocycles. The molecular formula is C20H20O4. The highest BCUT2D eigenvalue weighted by atomic mass is 16.4. The van der Waals surface area contributed by atoms with Crippen molar-refractivity contribution in [1.29, 1.82) is 0 Å². The summed E-state index contributed by atoms with van der Waals surface area (Å²) in [7, 11) is 0. The zero-order chi connectivity index (χ0) is 17.9. The van der Waals surface area contributed by atoms with Gasteiger partial charge in [-0.2, -0.15) is 0 Å². The molecule has 0 fully saturated rings. The molecule has 2 aromatic carbocycles. The van der Waals surface area contributed by atoms with Crippen LogP contribution in [0.5, 0.6) is 5.75 Å². The van der Waals surface area contributed by atoms with Crippen LogP contribution in [0.25, 0.3) is 6.08 Å². The van der Waals surface area contributed by atoms with Gasteiger partial charge in [0.2, 0.25) is 0 Å². The highest BCUT2D eigenvalue weighted by molar-refractivity contribution is 6.10. The fourth-order valence-electron chi connectivity index (χ4n) is 2.25. The van der Waals surface area contributed by atoms with E-state index in [4.69, 9.17) is 5.11 Å². The van der Waals surface area contributed by atoms with Crippen molar-refractivity contribution in [2.75, 3.05) is 0 Å². The van der Waals surface area contributed by atoms with E-state index >= 15 is 0 Å². The molecule has 2 N–H and O–H groups in total. The van der Waals surface area contributed by atoms with Crippen molar-refractivity contribution < 1.29 is 19.8 Å². The highest BCUT2D eigenvalue weighted by Gasteiger charge is 2.19. The standard InChI is InChI=1S/C20H20O4/c1-20(2,3)15-9-10-17(21)16(12-15)19(24)14-7-4-13(5-8-14)6-11-18(22)23/h4-12,21H,1-3H3,(H,22,23)/b11-6+. The summed E-state index contributed by atoms with van der Waals surface area (Å²) in [6, 6.07) is 11.6. The average molecular weight is 324 g/mol. The quantitative estimate of drug-likeness (QED) is 0.658. The van der Waals surface area contributed by atoms with E-state index in [9.17, 15) is 14.7 Å². The zero-order valence-corrected chi connectivity index (χ0v) is 13.9. The number of phenolic OH excluding ortho intramolecular Hbond substituents is 1. The van der Waals surface area contributed by atoms with E-state index in [1.165, 1.54) is 12.1 Å². The van der Waals surface area contributed by atoms with Gasteiger partial charge in [-0.15, -0.1) is 0 Å².